The lowest BCUT2D eigenvalue weighted by Crippen LogP contribution is -2.29. The van der Waals surface area contributed by atoms with Crippen molar-refractivity contribution < 1.29 is 86.2 Å². The maximum absolute atomic E-state index is 12.9. The predicted octanol–water partition coefficient (Wildman–Crippen LogP) is 21.2. The number of anilines is 10. The number of hydrogen-bond acceptors (Lipinski definition) is 21. The molecule has 0 aliphatic heterocycles. The molecule has 5 heterocycles. The summed E-state index contributed by atoms with van der Waals surface area (Å²) >= 11 is 39.1. The zero-order chi connectivity index (χ0) is 96.9. The van der Waals surface area contributed by atoms with Crippen molar-refractivity contribution in [3.8, 4) is 0 Å². The number of carbonyl (C=O) groups is 7. The van der Waals surface area contributed by atoms with E-state index < -0.39 is 87.6 Å². The van der Waals surface area contributed by atoms with Crippen molar-refractivity contribution in [2.24, 2.45) is 18.6 Å². The van der Waals surface area contributed by atoms with Gasteiger partial charge in [-0.15, -0.1) is 0 Å². The standard InChI is InChI=1S/C21H18ClF3N6O2.C21H16ClF3N6O.C20H13Cl2F3N4O2.C15H13F3N2O.C5HCl3N2O.C2H7N/c1-11-6-7-14(28-18(32)12-4-3-5-13(8-12)21(23,24)25)9-16(11)29-19(33)15-10-27-20(22)30-17(15)31(2)26;1-11-6-7-14(27-19(32)12-4-3-5-13(8-12)21(23,24)25)9-16(11)28-17-15-10-26-20(22)29-18(15)31(2)30-17;1-10-5-6-13(27-17(30)11-3-2-4-12(7-11)20(23,24)25)8-15(10)28-18(31)14-9-26-19(22)29-16(14)21;1-9-5-6-12(8-13(9)19)20-14(21)10-3-2-4-11(7-10)15(16,17)18;6-3-2(4(7)11)1-9-5(8)10-3;1-2-3/h3-10H,26H2,1-2H3,(H,28,32)(H,29,33);3-10H,1-2H3,(H,27,32)(H,28,30);2-9H,1H3,(H,27,30)(H,28,31);2-8H,19H2,1H3,(H,20,21);1H;2-3H2,1H3. The first-order valence-corrected chi connectivity index (χ1v) is 39.7. The number of benzene rings is 8. The number of fused-ring (bicyclic) bond motifs is 1. The highest BCUT2D eigenvalue weighted by Crippen LogP contribution is 2.37. The van der Waals surface area contributed by atoms with Gasteiger partial charge in [-0.25, -0.2) is 40.4 Å². The molecule has 0 spiro atoms. The molecule has 8 aromatic carbocycles. The van der Waals surface area contributed by atoms with E-state index >= 15 is 0 Å². The minimum Gasteiger partial charge on any atom is -0.398 e. The van der Waals surface area contributed by atoms with Gasteiger partial charge >= 0.3 is 24.7 Å². The van der Waals surface area contributed by atoms with E-state index in [0.717, 1.165) is 83.3 Å². The fraction of sp³-hybridized carbons (Fsp3) is 0.143. The van der Waals surface area contributed by atoms with E-state index in [-0.39, 0.29) is 87.6 Å². The fourth-order valence-electron chi connectivity index (χ4n) is 10.7. The van der Waals surface area contributed by atoms with Crippen LogP contribution in [0.4, 0.5) is 110 Å². The van der Waals surface area contributed by atoms with E-state index in [4.69, 9.17) is 98.5 Å². The van der Waals surface area contributed by atoms with Crippen molar-refractivity contribution in [1.82, 2.24) is 49.7 Å². The third-order valence-electron chi connectivity index (χ3n) is 17.3. The number of rotatable bonds is 16. The molecule has 0 unspecified atom stereocenters. The maximum Gasteiger partial charge on any atom is 0.416 e. The first-order valence-electron chi connectivity index (χ1n) is 37.1. The van der Waals surface area contributed by atoms with Gasteiger partial charge in [-0.2, -0.15) is 67.8 Å². The van der Waals surface area contributed by atoms with Crippen LogP contribution in [0.3, 0.4) is 0 Å². The van der Waals surface area contributed by atoms with E-state index in [1.807, 2.05) is 20.8 Å². The second kappa shape index (κ2) is 45.2. The van der Waals surface area contributed by atoms with E-state index in [1.165, 1.54) is 74.2 Å². The summed E-state index contributed by atoms with van der Waals surface area (Å²) < 4.78 is 156. The molecule has 13 rings (SSSR count). The summed E-state index contributed by atoms with van der Waals surface area (Å²) in [4.78, 5) is 115. The van der Waals surface area contributed by atoms with E-state index in [1.54, 1.807) is 92.4 Å². The van der Waals surface area contributed by atoms with Gasteiger partial charge in [0.25, 0.3) is 40.7 Å². The lowest BCUT2D eigenvalue weighted by molar-refractivity contribution is -0.138. The molecule has 0 aliphatic rings. The van der Waals surface area contributed by atoms with Gasteiger partial charge in [0.05, 0.1) is 38.8 Å². The van der Waals surface area contributed by atoms with Gasteiger partial charge in [-0.1, -0.05) is 78.7 Å². The number of aryl methyl sites for hydroxylation is 5. The van der Waals surface area contributed by atoms with Gasteiger partial charge in [0, 0.05) is 107 Å². The van der Waals surface area contributed by atoms with Crippen LogP contribution in [-0.4, -0.2) is 104 Å². The smallest absolute Gasteiger partial charge is 0.398 e. The molecule has 28 nitrogen and oxygen atoms in total. The molecule has 47 heteroatoms. The molecule has 131 heavy (non-hydrogen) atoms. The van der Waals surface area contributed by atoms with Crippen molar-refractivity contribution in [3.05, 3.63) is 310 Å². The maximum atomic E-state index is 12.9. The number of nitrogens with zero attached hydrogens (tertiary/aromatic N) is 11. The molecule has 13 aromatic rings. The van der Waals surface area contributed by atoms with Crippen LogP contribution in [0.2, 0.25) is 31.4 Å². The van der Waals surface area contributed by atoms with Crippen LogP contribution in [0.15, 0.2) is 195 Å². The molecule has 0 fully saturated rings. The molecule has 0 atom stereocenters. The molecule has 0 saturated carbocycles. The first kappa shape index (κ1) is 103. The second-order valence-corrected chi connectivity index (χ2v) is 29.4. The predicted molar refractivity (Wildman–Crippen MR) is 476 cm³/mol. The number of nitrogen functional groups attached to an aromatic ring is 1. The third-order valence-corrected chi connectivity index (χ3v) is 18.8. The second-order valence-electron chi connectivity index (χ2n) is 27.0. The third kappa shape index (κ3) is 29.8. The van der Waals surface area contributed by atoms with Gasteiger partial charge in [0.1, 0.15) is 15.9 Å². The largest absolute Gasteiger partial charge is 0.416 e. The Bertz CT molecular complexity index is 6420. The molecule has 684 valence electrons. The van der Waals surface area contributed by atoms with Crippen LogP contribution in [0.25, 0.3) is 11.0 Å². The van der Waals surface area contributed by atoms with Crippen LogP contribution < -0.4 is 59.5 Å². The number of halogens is 19. The summed E-state index contributed by atoms with van der Waals surface area (Å²) in [6.07, 6.45) is -13.0. The van der Waals surface area contributed by atoms with Gasteiger partial charge in [0.15, 0.2) is 17.3 Å². The summed E-state index contributed by atoms with van der Waals surface area (Å²) in [5.41, 5.74) is 13.3. The Labute approximate surface area is 770 Å². The van der Waals surface area contributed by atoms with E-state index in [9.17, 15) is 86.2 Å². The van der Waals surface area contributed by atoms with E-state index in [2.05, 4.69) is 82.2 Å². The molecule has 6 amide bonds. The van der Waals surface area contributed by atoms with Crippen molar-refractivity contribution in [1.29, 1.82) is 0 Å². The number of carbonyl (C=O) groups excluding carboxylic acids is 7. The van der Waals surface area contributed by atoms with Gasteiger partial charge in [0.2, 0.25) is 21.1 Å². The van der Waals surface area contributed by atoms with Crippen LogP contribution in [0, 0.1) is 27.7 Å². The molecular weight excluding hydrogens is 1890 g/mol. The SMILES string of the molecule is CCN.Cc1ccc(NC(=O)c2cccc(C(F)(F)F)c2)cc1N.Cc1ccc(NC(=O)c2cccc(C(F)(F)F)c2)cc1NC(=O)c1cnc(Cl)nc1Cl.Cc1ccc(NC(=O)c2cccc(C(F)(F)F)c2)cc1NC(=O)c1cnc(Cl)nc1N(C)N.Cc1ccc(NC(=O)c2cccc(C(F)(F)F)c2)cc1Nc1nn(C)c2nc(Cl)ncc12.O=C(Cl)c1cnc(Cl)nc1Cl. The number of aromatic nitrogens is 10. The summed E-state index contributed by atoms with van der Waals surface area (Å²) in [5.74, 6) is 2.36. The van der Waals surface area contributed by atoms with Crippen LogP contribution in [0.5, 0.6) is 0 Å². The minimum atomic E-state index is -4.57. The molecule has 0 bridgehead atoms. The number of nitrogens with two attached hydrogens (primary N) is 3. The number of alkyl halides is 12. The fourth-order valence-corrected chi connectivity index (χ4v) is 12.0. The molecule has 5 aromatic heterocycles. The minimum absolute atomic E-state index is 0.0103. The highest BCUT2D eigenvalue weighted by molar-refractivity contribution is 6.68. The Hall–Kier alpha value is -13.5. The summed E-state index contributed by atoms with van der Waals surface area (Å²) in [6, 6.07) is 35.9. The highest BCUT2D eigenvalue weighted by Gasteiger charge is 2.35. The monoisotopic (exact) mass is 1960 g/mol. The Morgan fingerprint density at radius 2 is 0.718 bits per heavy atom. The van der Waals surface area contributed by atoms with Gasteiger partial charge < -0.3 is 48.7 Å². The number of amides is 6. The molecule has 0 saturated heterocycles. The van der Waals surface area contributed by atoms with Gasteiger partial charge in [-0.05, 0) is 236 Å². The lowest BCUT2D eigenvalue weighted by atomic mass is 10.1. The Morgan fingerprint density at radius 3 is 1.07 bits per heavy atom. The number of hydrazine groups is 1. The van der Waals surface area contributed by atoms with Crippen LogP contribution in [0.1, 0.15) is 124 Å². The Kier molecular flexibility index (Phi) is 35.5. The normalized spacial score (nSPS) is 11.0. The molecular formula is C84H68Cl7F12N21O7. The Balaban J connectivity index is 0.000000207. The quantitative estimate of drug-likeness (QED) is 0.00817. The Morgan fingerprint density at radius 1 is 0.405 bits per heavy atom. The molecule has 0 radical (unpaired) electrons. The number of hydrogen-bond donors (Lipinski definition) is 10. The van der Waals surface area contributed by atoms with Crippen molar-refractivity contribution in [2.75, 3.05) is 61.6 Å². The highest BCUT2D eigenvalue weighted by atomic mass is 35.5. The van der Waals surface area contributed by atoms with Crippen molar-refractivity contribution in [3.63, 3.8) is 0 Å². The van der Waals surface area contributed by atoms with E-state index in [0.29, 0.717) is 62.1 Å². The van der Waals surface area contributed by atoms with Crippen molar-refractivity contribution >= 4 is 190 Å². The van der Waals surface area contributed by atoms with Crippen molar-refractivity contribution in [2.45, 2.75) is 59.3 Å². The first-order chi connectivity index (χ1) is 61.4. The number of nitrogens with one attached hydrogen (secondary N) is 7. The molecule has 13 N–H and O–H groups in total. The summed E-state index contributed by atoms with van der Waals surface area (Å²) in [5, 5.41) is 23.8. The van der Waals surface area contributed by atoms with Gasteiger partial charge in [-0.3, -0.25) is 38.6 Å². The average molecular weight is 1960 g/mol. The zero-order valence-corrected chi connectivity index (χ0v) is 73.7. The topological polar surface area (TPSA) is 406 Å². The lowest BCUT2D eigenvalue weighted by Gasteiger charge is -2.16. The molecule has 0 aliphatic carbocycles. The zero-order valence-electron chi connectivity index (χ0n) is 68.4. The van der Waals surface area contributed by atoms with Crippen LogP contribution >= 0.6 is 81.2 Å². The summed E-state index contributed by atoms with van der Waals surface area (Å²) in [7, 11) is 3.19. The average Bonchev–Trinajstić information content (AvgIpc) is 1.67. The van der Waals surface area contributed by atoms with Crippen LogP contribution in [-0.2, 0) is 31.8 Å². The summed E-state index contributed by atoms with van der Waals surface area (Å²) in [6.45, 7) is 9.77.